The van der Waals surface area contributed by atoms with Crippen LogP contribution in [0.4, 0.5) is 5.69 Å². The maximum atomic E-state index is 12.0. The Morgan fingerprint density at radius 3 is 2.74 bits per heavy atom. The molecular weight excluding hydrogens is 260 g/mol. The number of hydrogen-bond acceptors (Lipinski definition) is 2. The number of nitrogens with one attached hydrogen (secondary N) is 1. The number of rotatable bonds is 3. The fourth-order valence-electron chi connectivity index (χ4n) is 2.29. The topological polar surface area (TPSA) is 32.3 Å². The first-order valence-electron chi connectivity index (χ1n) is 6.83. The predicted octanol–water partition coefficient (Wildman–Crippen LogP) is 3.32. The molecule has 3 nitrogen and oxygen atoms in total. The van der Waals surface area contributed by atoms with Crippen LogP contribution in [0.25, 0.3) is 0 Å². The monoisotopic (exact) mass is 280 g/mol. The van der Waals surface area contributed by atoms with Crippen LogP contribution in [0.15, 0.2) is 18.2 Å². The fraction of sp³-hybridized carbons (Fsp3) is 0.533. The Bertz CT molecular complexity index is 453. The van der Waals surface area contributed by atoms with Crippen LogP contribution in [0.5, 0.6) is 0 Å². The van der Waals surface area contributed by atoms with Crippen LogP contribution in [0.3, 0.4) is 0 Å². The average molecular weight is 281 g/mol. The normalized spacial score (nSPS) is 17.4. The van der Waals surface area contributed by atoms with Gasteiger partial charge in [0.15, 0.2) is 0 Å². The number of hydrogen-bond donors (Lipinski definition) is 1. The number of likely N-dealkylation sites (tertiary alicyclic amines) is 1. The molecule has 104 valence electrons. The van der Waals surface area contributed by atoms with E-state index in [0.717, 1.165) is 30.3 Å². The van der Waals surface area contributed by atoms with Gasteiger partial charge in [-0.25, -0.2) is 0 Å². The van der Waals surface area contributed by atoms with Gasteiger partial charge >= 0.3 is 0 Å². The van der Waals surface area contributed by atoms with Gasteiger partial charge in [-0.1, -0.05) is 24.6 Å². The van der Waals surface area contributed by atoms with E-state index in [-0.39, 0.29) is 5.91 Å². The molecule has 1 aromatic rings. The highest BCUT2D eigenvalue weighted by molar-refractivity contribution is 6.31. The van der Waals surface area contributed by atoms with E-state index in [4.69, 9.17) is 11.6 Å². The summed E-state index contributed by atoms with van der Waals surface area (Å²) in [5.41, 5.74) is 1.79. The molecule has 1 N–H and O–H groups in total. The minimum absolute atomic E-state index is 0.0365. The number of carbonyl (C=O) groups excluding carboxylic acids is 1. The molecule has 1 aliphatic heterocycles. The van der Waals surface area contributed by atoms with Gasteiger partial charge in [0.25, 0.3) is 0 Å². The van der Waals surface area contributed by atoms with Crippen molar-refractivity contribution in [1.82, 2.24) is 4.90 Å². The molecule has 0 unspecified atom stereocenters. The minimum atomic E-state index is 0.0365. The van der Waals surface area contributed by atoms with Crippen molar-refractivity contribution in [2.24, 2.45) is 5.92 Å². The van der Waals surface area contributed by atoms with Gasteiger partial charge in [0.2, 0.25) is 5.91 Å². The summed E-state index contributed by atoms with van der Waals surface area (Å²) in [5, 5.41) is 3.59. The van der Waals surface area contributed by atoms with Crippen molar-refractivity contribution in [2.75, 3.05) is 25.0 Å². The molecule has 0 spiro atoms. The first-order valence-corrected chi connectivity index (χ1v) is 7.21. The van der Waals surface area contributed by atoms with Crippen molar-refractivity contribution in [3.05, 3.63) is 28.8 Å². The second-order valence-electron chi connectivity index (χ2n) is 5.47. The van der Waals surface area contributed by atoms with Gasteiger partial charge < -0.3 is 5.32 Å². The average Bonchev–Trinajstić information content (AvgIpc) is 2.37. The molecular formula is C15H21ClN2O. The molecule has 0 atom stereocenters. The maximum Gasteiger partial charge on any atom is 0.238 e. The maximum absolute atomic E-state index is 12.0. The number of benzene rings is 1. The van der Waals surface area contributed by atoms with E-state index in [0.29, 0.717) is 11.6 Å². The third-order valence-electron chi connectivity index (χ3n) is 3.70. The van der Waals surface area contributed by atoms with E-state index in [1.165, 1.54) is 12.8 Å². The highest BCUT2D eigenvalue weighted by Gasteiger charge is 2.17. The number of anilines is 1. The van der Waals surface area contributed by atoms with Crippen molar-refractivity contribution < 1.29 is 4.79 Å². The van der Waals surface area contributed by atoms with Crippen LogP contribution >= 0.6 is 11.6 Å². The van der Waals surface area contributed by atoms with Crippen molar-refractivity contribution >= 4 is 23.2 Å². The zero-order chi connectivity index (χ0) is 13.8. The van der Waals surface area contributed by atoms with Gasteiger partial charge in [0.1, 0.15) is 0 Å². The Labute approximate surface area is 119 Å². The third kappa shape index (κ3) is 4.22. The standard InChI is InChI=1S/C15H21ClN2O/c1-11-5-7-18(8-6-11)10-15(19)17-13-4-3-12(2)14(16)9-13/h3-4,9,11H,5-8,10H2,1-2H3,(H,17,19). The van der Waals surface area contributed by atoms with Crippen molar-refractivity contribution in [2.45, 2.75) is 26.7 Å². The zero-order valence-corrected chi connectivity index (χ0v) is 12.3. The molecule has 2 rings (SSSR count). The molecule has 1 saturated heterocycles. The number of amides is 1. The molecule has 0 radical (unpaired) electrons. The molecule has 1 amide bonds. The molecule has 1 fully saturated rings. The molecule has 4 heteroatoms. The van der Waals surface area contributed by atoms with Gasteiger partial charge in [0, 0.05) is 10.7 Å². The van der Waals surface area contributed by atoms with Gasteiger partial charge in [-0.2, -0.15) is 0 Å². The predicted molar refractivity (Wildman–Crippen MR) is 79.7 cm³/mol. The number of nitrogens with zero attached hydrogens (tertiary/aromatic N) is 1. The summed E-state index contributed by atoms with van der Waals surface area (Å²) in [6.45, 7) is 6.72. The van der Waals surface area contributed by atoms with Gasteiger partial charge in [-0.15, -0.1) is 0 Å². The van der Waals surface area contributed by atoms with E-state index in [2.05, 4.69) is 17.1 Å². The van der Waals surface area contributed by atoms with Crippen LogP contribution in [0.2, 0.25) is 5.02 Å². The fourth-order valence-corrected chi connectivity index (χ4v) is 2.47. The number of aryl methyl sites for hydroxylation is 1. The molecule has 0 aliphatic carbocycles. The number of halogens is 1. The van der Waals surface area contributed by atoms with E-state index in [1.54, 1.807) is 6.07 Å². The van der Waals surface area contributed by atoms with Crippen molar-refractivity contribution in [3.63, 3.8) is 0 Å². The summed E-state index contributed by atoms with van der Waals surface area (Å²) in [6.07, 6.45) is 2.37. The van der Waals surface area contributed by atoms with Crippen molar-refractivity contribution in [1.29, 1.82) is 0 Å². The molecule has 1 aromatic carbocycles. The van der Waals surface area contributed by atoms with E-state index < -0.39 is 0 Å². The number of carbonyl (C=O) groups is 1. The molecule has 0 saturated carbocycles. The highest BCUT2D eigenvalue weighted by atomic mass is 35.5. The number of piperidine rings is 1. The van der Waals surface area contributed by atoms with Crippen molar-refractivity contribution in [3.8, 4) is 0 Å². The van der Waals surface area contributed by atoms with Crippen LogP contribution in [-0.2, 0) is 4.79 Å². The summed E-state index contributed by atoms with van der Waals surface area (Å²) < 4.78 is 0. The summed E-state index contributed by atoms with van der Waals surface area (Å²) in [7, 11) is 0. The third-order valence-corrected chi connectivity index (χ3v) is 4.11. The molecule has 1 heterocycles. The Kier molecular flexibility index (Phi) is 4.83. The summed E-state index contributed by atoms with van der Waals surface area (Å²) in [6, 6.07) is 5.60. The summed E-state index contributed by atoms with van der Waals surface area (Å²) in [5.74, 6) is 0.824. The van der Waals surface area contributed by atoms with Crippen LogP contribution < -0.4 is 5.32 Å². The zero-order valence-electron chi connectivity index (χ0n) is 11.6. The lowest BCUT2D eigenvalue weighted by atomic mass is 9.99. The van der Waals surface area contributed by atoms with Gasteiger partial charge in [-0.3, -0.25) is 9.69 Å². The Morgan fingerprint density at radius 2 is 2.11 bits per heavy atom. The lowest BCUT2D eigenvalue weighted by Gasteiger charge is -2.29. The minimum Gasteiger partial charge on any atom is -0.325 e. The van der Waals surface area contributed by atoms with Crippen LogP contribution in [-0.4, -0.2) is 30.4 Å². The highest BCUT2D eigenvalue weighted by Crippen LogP contribution is 2.20. The lowest BCUT2D eigenvalue weighted by molar-refractivity contribution is -0.117. The first kappa shape index (κ1) is 14.4. The van der Waals surface area contributed by atoms with Crippen LogP contribution in [0, 0.1) is 12.8 Å². The smallest absolute Gasteiger partial charge is 0.238 e. The second kappa shape index (κ2) is 6.40. The Hall–Kier alpha value is -1.06. The molecule has 19 heavy (non-hydrogen) atoms. The SMILES string of the molecule is Cc1ccc(NC(=O)CN2CCC(C)CC2)cc1Cl. The van der Waals surface area contributed by atoms with E-state index >= 15 is 0 Å². The summed E-state index contributed by atoms with van der Waals surface area (Å²) in [4.78, 5) is 14.2. The molecule has 0 aromatic heterocycles. The molecule has 0 bridgehead atoms. The molecule has 1 aliphatic rings. The van der Waals surface area contributed by atoms with Crippen LogP contribution in [0.1, 0.15) is 25.3 Å². The van der Waals surface area contributed by atoms with E-state index in [1.807, 2.05) is 19.1 Å². The Balaban J connectivity index is 1.85. The van der Waals surface area contributed by atoms with Gasteiger partial charge in [-0.05, 0) is 56.5 Å². The summed E-state index contributed by atoms with van der Waals surface area (Å²) >= 11 is 6.04. The lowest BCUT2D eigenvalue weighted by Crippen LogP contribution is -2.38. The van der Waals surface area contributed by atoms with Gasteiger partial charge in [0.05, 0.1) is 6.54 Å². The second-order valence-corrected chi connectivity index (χ2v) is 5.88. The quantitative estimate of drug-likeness (QED) is 0.921. The largest absolute Gasteiger partial charge is 0.325 e. The van der Waals surface area contributed by atoms with E-state index in [9.17, 15) is 4.79 Å². The Morgan fingerprint density at radius 1 is 1.42 bits per heavy atom. The first-order chi connectivity index (χ1) is 9.04.